The first-order chi connectivity index (χ1) is 6.11. The smallest absolute Gasteiger partial charge is 0.150 e. The van der Waals surface area contributed by atoms with Crippen molar-refractivity contribution in [2.75, 3.05) is 0 Å². The van der Waals surface area contributed by atoms with Crippen molar-refractivity contribution in [2.45, 2.75) is 19.2 Å². The van der Waals surface area contributed by atoms with Gasteiger partial charge in [0.25, 0.3) is 0 Å². The summed E-state index contributed by atoms with van der Waals surface area (Å²) in [7, 11) is 0. The molecular formula is C10H11BrO2. The molecule has 0 saturated heterocycles. The summed E-state index contributed by atoms with van der Waals surface area (Å²) in [5, 5.41) is 10.3. The predicted molar refractivity (Wildman–Crippen MR) is 55.6 cm³/mol. The first-order valence-corrected chi connectivity index (χ1v) is 5.07. The molecule has 0 heterocycles. The number of carbonyl (C=O) groups is 1. The van der Waals surface area contributed by atoms with Gasteiger partial charge in [0.1, 0.15) is 12.0 Å². The van der Waals surface area contributed by atoms with Crippen molar-refractivity contribution >= 4 is 22.2 Å². The lowest BCUT2D eigenvalue weighted by atomic mass is 10.00. The second kappa shape index (κ2) is 3.92. The molecule has 0 fully saturated rings. The van der Waals surface area contributed by atoms with Crippen LogP contribution < -0.4 is 0 Å². The van der Waals surface area contributed by atoms with Gasteiger partial charge in [-0.25, -0.2) is 0 Å². The van der Waals surface area contributed by atoms with E-state index >= 15 is 0 Å². The molecule has 0 unspecified atom stereocenters. The molecule has 0 aromatic heterocycles. The van der Waals surface area contributed by atoms with Gasteiger partial charge in [-0.2, -0.15) is 0 Å². The number of benzene rings is 1. The summed E-state index contributed by atoms with van der Waals surface area (Å²) in [6, 6.07) is 1.80. The number of aldehydes is 1. The molecule has 1 aromatic rings. The standard InChI is InChI=1S/C10H11BrO2/c1-6-8(4-11)3-9(5-12)7(2)10(6)13/h3,5,13H,4H2,1-2H3. The van der Waals surface area contributed by atoms with E-state index in [1.165, 1.54) is 0 Å². The predicted octanol–water partition coefficient (Wildman–Crippen LogP) is 2.72. The van der Waals surface area contributed by atoms with Gasteiger partial charge < -0.3 is 5.11 Å². The number of phenolic OH excluding ortho intramolecular Hbond substituents is 1. The highest BCUT2D eigenvalue weighted by Crippen LogP contribution is 2.28. The normalized spacial score (nSPS) is 10.1. The zero-order valence-electron chi connectivity index (χ0n) is 7.60. The highest BCUT2D eigenvalue weighted by Gasteiger charge is 2.09. The average molecular weight is 243 g/mol. The fraction of sp³-hybridized carbons (Fsp3) is 0.300. The van der Waals surface area contributed by atoms with Crippen LogP contribution in [0.4, 0.5) is 0 Å². The summed E-state index contributed by atoms with van der Waals surface area (Å²) in [6.07, 6.45) is 0.765. The average Bonchev–Trinajstić information content (AvgIpc) is 2.15. The third-order valence-electron chi connectivity index (χ3n) is 2.23. The number of carbonyl (C=O) groups excluding carboxylic acids is 1. The Morgan fingerprint density at radius 2 is 2.08 bits per heavy atom. The minimum Gasteiger partial charge on any atom is -0.507 e. The molecule has 2 nitrogen and oxygen atoms in total. The summed E-state index contributed by atoms with van der Waals surface area (Å²) in [6.45, 7) is 3.58. The molecular weight excluding hydrogens is 232 g/mol. The molecule has 0 amide bonds. The van der Waals surface area contributed by atoms with Crippen molar-refractivity contribution < 1.29 is 9.90 Å². The van der Waals surface area contributed by atoms with Crippen LogP contribution in [0.3, 0.4) is 0 Å². The van der Waals surface area contributed by atoms with Crippen molar-refractivity contribution in [3.05, 3.63) is 28.3 Å². The van der Waals surface area contributed by atoms with Crippen molar-refractivity contribution in [3.8, 4) is 5.75 Å². The largest absolute Gasteiger partial charge is 0.507 e. The Labute approximate surface area is 85.7 Å². The monoisotopic (exact) mass is 242 g/mol. The second-order valence-electron chi connectivity index (χ2n) is 2.98. The van der Waals surface area contributed by atoms with Crippen molar-refractivity contribution in [3.63, 3.8) is 0 Å². The highest BCUT2D eigenvalue weighted by molar-refractivity contribution is 9.08. The van der Waals surface area contributed by atoms with E-state index in [2.05, 4.69) is 15.9 Å². The number of halogens is 1. The lowest BCUT2D eigenvalue weighted by Crippen LogP contribution is -1.94. The Morgan fingerprint density at radius 3 is 2.54 bits per heavy atom. The summed E-state index contributed by atoms with van der Waals surface area (Å²) in [4.78, 5) is 10.6. The summed E-state index contributed by atoms with van der Waals surface area (Å²) in [5.41, 5.74) is 2.99. The maximum Gasteiger partial charge on any atom is 0.150 e. The van der Waals surface area contributed by atoms with E-state index in [-0.39, 0.29) is 5.75 Å². The lowest BCUT2D eigenvalue weighted by Gasteiger charge is -2.09. The Hall–Kier alpha value is -0.830. The van der Waals surface area contributed by atoms with Gasteiger partial charge in [0.05, 0.1) is 0 Å². The van der Waals surface area contributed by atoms with E-state index in [1.54, 1.807) is 13.0 Å². The van der Waals surface area contributed by atoms with Gasteiger partial charge in [0, 0.05) is 16.5 Å². The Balaban J connectivity index is 3.45. The molecule has 0 spiro atoms. The van der Waals surface area contributed by atoms with Gasteiger partial charge in [0.15, 0.2) is 0 Å². The summed E-state index contributed by atoms with van der Waals surface area (Å²) >= 11 is 3.30. The Kier molecular flexibility index (Phi) is 3.09. The molecule has 0 bridgehead atoms. The SMILES string of the molecule is Cc1c(C=O)cc(CBr)c(C)c1O. The third kappa shape index (κ3) is 1.75. The molecule has 0 aliphatic rings. The maximum atomic E-state index is 10.6. The van der Waals surface area contributed by atoms with Crippen LogP contribution in [0.5, 0.6) is 5.75 Å². The van der Waals surface area contributed by atoms with E-state index in [0.717, 1.165) is 17.4 Å². The van der Waals surface area contributed by atoms with Crippen LogP contribution in [0.2, 0.25) is 0 Å². The van der Waals surface area contributed by atoms with Crippen molar-refractivity contribution in [2.24, 2.45) is 0 Å². The minimum absolute atomic E-state index is 0.221. The van der Waals surface area contributed by atoms with Gasteiger partial charge in [-0.3, -0.25) is 4.79 Å². The van der Waals surface area contributed by atoms with E-state index < -0.39 is 0 Å². The number of hydrogen-bond donors (Lipinski definition) is 1. The molecule has 3 heteroatoms. The van der Waals surface area contributed by atoms with Gasteiger partial charge in [0.2, 0.25) is 0 Å². The van der Waals surface area contributed by atoms with E-state index in [1.807, 2.05) is 6.92 Å². The molecule has 0 aliphatic heterocycles. The number of hydrogen-bond acceptors (Lipinski definition) is 2. The molecule has 70 valence electrons. The number of rotatable bonds is 2. The zero-order valence-corrected chi connectivity index (χ0v) is 9.18. The first kappa shape index (κ1) is 10.3. The molecule has 1 aromatic carbocycles. The minimum atomic E-state index is 0.221. The maximum absolute atomic E-state index is 10.6. The summed E-state index contributed by atoms with van der Waals surface area (Å²) < 4.78 is 0. The highest BCUT2D eigenvalue weighted by atomic mass is 79.9. The van der Waals surface area contributed by atoms with Crippen LogP contribution >= 0.6 is 15.9 Å². The Morgan fingerprint density at radius 1 is 1.46 bits per heavy atom. The van der Waals surface area contributed by atoms with Crippen LogP contribution in [0.15, 0.2) is 6.07 Å². The molecule has 13 heavy (non-hydrogen) atoms. The number of alkyl halides is 1. The van der Waals surface area contributed by atoms with Crippen LogP contribution in [-0.2, 0) is 5.33 Å². The lowest BCUT2D eigenvalue weighted by molar-refractivity contribution is 0.112. The van der Waals surface area contributed by atoms with Gasteiger partial charge in [-0.15, -0.1) is 0 Å². The topological polar surface area (TPSA) is 37.3 Å². The zero-order chi connectivity index (χ0) is 10.0. The van der Waals surface area contributed by atoms with E-state index in [4.69, 9.17) is 0 Å². The van der Waals surface area contributed by atoms with E-state index in [0.29, 0.717) is 16.5 Å². The molecule has 0 aliphatic carbocycles. The molecule has 0 atom stereocenters. The molecule has 0 saturated carbocycles. The van der Waals surface area contributed by atoms with Crippen LogP contribution in [-0.4, -0.2) is 11.4 Å². The third-order valence-corrected chi connectivity index (χ3v) is 2.83. The fourth-order valence-electron chi connectivity index (χ4n) is 1.24. The quantitative estimate of drug-likeness (QED) is 0.640. The molecule has 1 N–H and O–H groups in total. The second-order valence-corrected chi connectivity index (χ2v) is 3.54. The molecule has 1 rings (SSSR count). The number of aromatic hydroxyl groups is 1. The van der Waals surface area contributed by atoms with Crippen LogP contribution in [0.25, 0.3) is 0 Å². The fourth-order valence-corrected chi connectivity index (χ4v) is 1.82. The van der Waals surface area contributed by atoms with Crippen molar-refractivity contribution in [1.29, 1.82) is 0 Å². The van der Waals surface area contributed by atoms with Crippen molar-refractivity contribution in [1.82, 2.24) is 0 Å². The van der Waals surface area contributed by atoms with Gasteiger partial charge in [-0.1, -0.05) is 15.9 Å². The van der Waals surface area contributed by atoms with Gasteiger partial charge >= 0.3 is 0 Å². The van der Waals surface area contributed by atoms with Crippen LogP contribution in [0.1, 0.15) is 27.0 Å². The first-order valence-electron chi connectivity index (χ1n) is 3.95. The van der Waals surface area contributed by atoms with Gasteiger partial charge in [-0.05, 0) is 31.0 Å². The van der Waals surface area contributed by atoms with Crippen LogP contribution in [0, 0.1) is 13.8 Å². The summed E-state index contributed by atoms with van der Waals surface area (Å²) in [5.74, 6) is 0.221. The Bertz CT molecular complexity index is 345. The van der Waals surface area contributed by atoms with E-state index in [9.17, 15) is 9.90 Å². The number of phenols is 1. The molecule has 0 radical (unpaired) electrons.